The Morgan fingerprint density at radius 3 is 2.53 bits per heavy atom. The van der Waals surface area contributed by atoms with Gasteiger partial charge >= 0.3 is 0 Å². The molecule has 2 N–H and O–H groups in total. The fraction of sp³-hybridized carbons (Fsp3) is 0.412. The average molecular weight is 254 g/mol. The summed E-state index contributed by atoms with van der Waals surface area (Å²) in [6.45, 7) is 4.19. The minimum atomic E-state index is 0.708. The van der Waals surface area contributed by atoms with Crippen molar-refractivity contribution in [2.75, 3.05) is 26.2 Å². The Morgan fingerprint density at radius 2 is 1.74 bits per heavy atom. The summed E-state index contributed by atoms with van der Waals surface area (Å²) in [5, 5.41) is 2.80. The van der Waals surface area contributed by atoms with Crippen LogP contribution in [-0.4, -0.2) is 31.1 Å². The Bertz CT molecular complexity index is 536. The van der Waals surface area contributed by atoms with Gasteiger partial charge in [0.15, 0.2) is 0 Å². The summed E-state index contributed by atoms with van der Waals surface area (Å²) in [5.74, 6) is 0.708. The minimum Gasteiger partial charge on any atom is -0.329 e. The van der Waals surface area contributed by atoms with Crippen LogP contribution in [0.25, 0.3) is 10.8 Å². The van der Waals surface area contributed by atoms with Crippen LogP contribution < -0.4 is 5.73 Å². The second-order valence-electron chi connectivity index (χ2n) is 5.47. The van der Waals surface area contributed by atoms with E-state index in [4.69, 9.17) is 5.73 Å². The van der Waals surface area contributed by atoms with Gasteiger partial charge in [-0.25, -0.2) is 0 Å². The number of hydrogen-bond acceptors (Lipinski definition) is 2. The Balaban J connectivity index is 1.82. The first-order chi connectivity index (χ1) is 9.38. The Kier molecular flexibility index (Phi) is 3.81. The molecule has 3 rings (SSSR count). The van der Waals surface area contributed by atoms with Crippen LogP contribution in [-0.2, 0) is 0 Å². The molecule has 0 radical (unpaired) electrons. The summed E-state index contributed by atoms with van der Waals surface area (Å²) in [4.78, 5) is 2.49. The van der Waals surface area contributed by atoms with Gasteiger partial charge in [-0.2, -0.15) is 0 Å². The van der Waals surface area contributed by atoms with Gasteiger partial charge < -0.3 is 10.6 Å². The molecule has 0 bridgehead atoms. The molecule has 2 nitrogen and oxygen atoms in total. The highest BCUT2D eigenvalue weighted by molar-refractivity contribution is 5.86. The molecule has 2 aromatic rings. The number of rotatable bonds is 3. The molecule has 100 valence electrons. The van der Waals surface area contributed by atoms with Gasteiger partial charge in [-0.1, -0.05) is 42.5 Å². The Hall–Kier alpha value is -1.38. The van der Waals surface area contributed by atoms with Crippen molar-refractivity contribution in [3.8, 4) is 0 Å². The molecule has 0 spiro atoms. The number of nitrogens with zero attached hydrogens (tertiary/aromatic N) is 1. The molecular formula is C17H22N2. The van der Waals surface area contributed by atoms with Crippen molar-refractivity contribution in [2.45, 2.75) is 18.8 Å². The van der Waals surface area contributed by atoms with Crippen LogP contribution in [0, 0.1) is 0 Å². The predicted molar refractivity (Wildman–Crippen MR) is 81.4 cm³/mol. The first kappa shape index (κ1) is 12.6. The van der Waals surface area contributed by atoms with Gasteiger partial charge in [0.1, 0.15) is 0 Å². The van der Waals surface area contributed by atoms with Gasteiger partial charge in [-0.3, -0.25) is 0 Å². The lowest BCUT2D eigenvalue weighted by molar-refractivity contribution is 0.218. The maximum Gasteiger partial charge on any atom is 0.0105 e. The largest absolute Gasteiger partial charge is 0.329 e. The molecule has 1 heterocycles. The zero-order valence-corrected chi connectivity index (χ0v) is 11.4. The highest BCUT2D eigenvalue weighted by Gasteiger charge is 2.21. The SMILES string of the molecule is NCCN1CCC(c2cccc3ccccc23)CC1. The molecule has 0 unspecified atom stereocenters. The number of benzene rings is 2. The number of hydrogen-bond donors (Lipinski definition) is 1. The number of piperidine rings is 1. The molecule has 0 amide bonds. The topological polar surface area (TPSA) is 29.3 Å². The third-order valence-electron chi connectivity index (χ3n) is 4.30. The van der Waals surface area contributed by atoms with E-state index < -0.39 is 0 Å². The maximum atomic E-state index is 5.64. The zero-order chi connectivity index (χ0) is 13.1. The fourth-order valence-corrected chi connectivity index (χ4v) is 3.26. The zero-order valence-electron chi connectivity index (χ0n) is 11.4. The number of likely N-dealkylation sites (tertiary alicyclic amines) is 1. The lowest BCUT2D eigenvalue weighted by atomic mass is 9.86. The molecule has 0 atom stereocenters. The molecule has 19 heavy (non-hydrogen) atoms. The lowest BCUT2D eigenvalue weighted by Gasteiger charge is -2.32. The first-order valence-corrected chi connectivity index (χ1v) is 7.28. The van der Waals surface area contributed by atoms with Crippen LogP contribution in [0.3, 0.4) is 0 Å². The van der Waals surface area contributed by atoms with E-state index in [1.807, 2.05) is 0 Å². The van der Waals surface area contributed by atoms with Gasteiger partial charge in [0, 0.05) is 13.1 Å². The van der Waals surface area contributed by atoms with E-state index >= 15 is 0 Å². The highest BCUT2D eigenvalue weighted by Crippen LogP contribution is 2.32. The van der Waals surface area contributed by atoms with Crippen LogP contribution >= 0.6 is 0 Å². The summed E-state index contributed by atoms with van der Waals surface area (Å²) >= 11 is 0. The van der Waals surface area contributed by atoms with Crippen LogP contribution in [0.15, 0.2) is 42.5 Å². The lowest BCUT2D eigenvalue weighted by Crippen LogP contribution is -2.36. The Morgan fingerprint density at radius 1 is 1.00 bits per heavy atom. The van der Waals surface area contributed by atoms with Gasteiger partial charge in [0.05, 0.1) is 0 Å². The van der Waals surface area contributed by atoms with E-state index in [2.05, 4.69) is 47.4 Å². The van der Waals surface area contributed by atoms with Gasteiger partial charge in [0.2, 0.25) is 0 Å². The van der Waals surface area contributed by atoms with E-state index in [9.17, 15) is 0 Å². The fourth-order valence-electron chi connectivity index (χ4n) is 3.26. The van der Waals surface area contributed by atoms with Crippen molar-refractivity contribution in [1.29, 1.82) is 0 Å². The van der Waals surface area contributed by atoms with Gasteiger partial charge in [-0.05, 0) is 48.2 Å². The van der Waals surface area contributed by atoms with Crippen LogP contribution in [0.2, 0.25) is 0 Å². The van der Waals surface area contributed by atoms with Crippen molar-refractivity contribution < 1.29 is 0 Å². The van der Waals surface area contributed by atoms with Gasteiger partial charge in [-0.15, -0.1) is 0 Å². The molecule has 1 saturated heterocycles. The van der Waals surface area contributed by atoms with Crippen LogP contribution in [0.4, 0.5) is 0 Å². The molecule has 0 aliphatic carbocycles. The van der Waals surface area contributed by atoms with Crippen LogP contribution in [0.1, 0.15) is 24.3 Å². The highest BCUT2D eigenvalue weighted by atomic mass is 15.1. The Labute approximate surface area is 115 Å². The second kappa shape index (κ2) is 5.72. The van der Waals surface area contributed by atoms with E-state index in [0.29, 0.717) is 5.92 Å². The molecule has 2 aromatic carbocycles. The van der Waals surface area contributed by atoms with E-state index in [1.165, 1.54) is 42.3 Å². The monoisotopic (exact) mass is 254 g/mol. The molecular weight excluding hydrogens is 232 g/mol. The van der Waals surface area contributed by atoms with E-state index in [1.54, 1.807) is 0 Å². The summed E-state index contributed by atoms with van der Waals surface area (Å²) < 4.78 is 0. The smallest absolute Gasteiger partial charge is 0.0105 e. The van der Waals surface area contributed by atoms with Crippen molar-refractivity contribution in [3.63, 3.8) is 0 Å². The normalized spacial score (nSPS) is 17.9. The third kappa shape index (κ3) is 2.65. The maximum absolute atomic E-state index is 5.64. The molecule has 1 aliphatic heterocycles. The summed E-state index contributed by atoms with van der Waals surface area (Å²) in [7, 11) is 0. The number of fused-ring (bicyclic) bond motifs is 1. The molecule has 0 aromatic heterocycles. The van der Waals surface area contributed by atoms with E-state index in [0.717, 1.165) is 13.1 Å². The molecule has 1 aliphatic rings. The standard InChI is InChI=1S/C17H22N2/c18-10-13-19-11-8-15(9-12-19)17-7-3-5-14-4-1-2-6-16(14)17/h1-7,15H,8-13,18H2. The summed E-state index contributed by atoms with van der Waals surface area (Å²) in [5.41, 5.74) is 7.17. The minimum absolute atomic E-state index is 0.708. The quantitative estimate of drug-likeness (QED) is 0.912. The van der Waals surface area contributed by atoms with Gasteiger partial charge in [0.25, 0.3) is 0 Å². The molecule has 2 heteroatoms. The second-order valence-corrected chi connectivity index (χ2v) is 5.47. The summed E-state index contributed by atoms with van der Waals surface area (Å²) in [6.07, 6.45) is 2.52. The third-order valence-corrected chi connectivity index (χ3v) is 4.30. The molecule has 1 fully saturated rings. The van der Waals surface area contributed by atoms with Crippen molar-refractivity contribution >= 4 is 10.8 Å². The predicted octanol–water partition coefficient (Wildman–Crippen LogP) is 2.98. The van der Waals surface area contributed by atoms with Crippen molar-refractivity contribution in [1.82, 2.24) is 4.90 Å². The van der Waals surface area contributed by atoms with Crippen molar-refractivity contribution in [2.24, 2.45) is 5.73 Å². The first-order valence-electron chi connectivity index (χ1n) is 7.28. The van der Waals surface area contributed by atoms with E-state index in [-0.39, 0.29) is 0 Å². The number of nitrogens with two attached hydrogens (primary N) is 1. The molecule has 0 saturated carbocycles. The average Bonchev–Trinajstić information content (AvgIpc) is 2.48. The van der Waals surface area contributed by atoms with Crippen LogP contribution in [0.5, 0.6) is 0 Å². The van der Waals surface area contributed by atoms with Crippen molar-refractivity contribution in [3.05, 3.63) is 48.0 Å². The summed E-state index contributed by atoms with van der Waals surface area (Å²) in [6, 6.07) is 15.5.